The number of unbranched alkanes of at least 4 members (excludes halogenated alkanes) is 34. The van der Waals surface area contributed by atoms with Crippen molar-refractivity contribution in [3.05, 3.63) is 0 Å². The SMILES string of the molecule is CCCCCCCCCCCCCCCCCC(=O)OC[C@H](COC(=O)CCCCCCCCC(C)C)OC(=O)CCCCCCCCCCCCCCCCCCC(C)C. The Morgan fingerprint density at radius 3 is 0.803 bits per heavy atom. The highest BCUT2D eigenvalue weighted by atomic mass is 16.6. The lowest BCUT2D eigenvalue weighted by Crippen LogP contribution is -2.30. The third-order valence-electron chi connectivity index (χ3n) is 12.5. The van der Waals surface area contributed by atoms with E-state index in [1.807, 2.05) is 0 Å². The summed E-state index contributed by atoms with van der Waals surface area (Å²) in [7, 11) is 0. The number of carbonyl (C=O) groups excluding carboxylic acids is 3. The summed E-state index contributed by atoms with van der Waals surface area (Å²) in [5, 5.41) is 0. The summed E-state index contributed by atoms with van der Waals surface area (Å²) in [6, 6.07) is 0. The van der Waals surface area contributed by atoms with Gasteiger partial charge in [-0.3, -0.25) is 14.4 Å². The zero-order valence-electron chi connectivity index (χ0n) is 41.8. The molecule has 0 bridgehead atoms. The number of esters is 3. The van der Waals surface area contributed by atoms with E-state index in [-0.39, 0.29) is 31.1 Å². The van der Waals surface area contributed by atoms with Crippen LogP contribution in [0.1, 0.15) is 304 Å². The van der Waals surface area contributed by atoms with Gasteiger partial charge in [0, 0.05) is 19.3 Å². The Hall–Kier alpha value is -1.59. The monoisotopic (exact) mass is 863 g/mol. The van der Waals surface area contributed by atoms with Crippen molar-refractivity contribution in [2.24, 2.45) is 11.8 Å². The molecule has 0 spiro atoms. The maximum absolute atomic E-state index is 12.8. The first kappa shape index (κ1) is 59.4. The molecule has 0 amide bonds. The highest BCUT2D eigenvalue weighted by molar-refractivity contribution is 5.71. The Balaban J connectivity index is 4.23. The minimum Gasteiger partial charge on any atom is -0.462 e. The molecule has 6 heteroatoms. The van der Waals surface area contributed by atoms with E-state index in [4.69, 9.17) is 14.2 Å². The van der Waals surface area contributed by atoms with Crippen LogP contribution in [-0.2, 0) is 28.6 Å². The van der Waals surface area contributed by atoms with Gasteiger partial charge in [-0.25, -0.2) is 0 Å². The third-order valence-corrected chi connectivity index (χ3v) is 12.5. The molecular formula is C55H106O6. The lowest BCUT2D eigenvalue weighted by molar-refractivity contribution is -0.167. The molecule has 0 heterocycles. The molecule has 61 heavy (non-hydrogen) atoms. The largest absolute Gasteiger partial charge is 0.462 e. The van der Waals surface area contributed by atoms with Crippen molar-refractivity contribution >= 4 is 17.9 Å². The highest BCUT2D eigenvalue weighted by Crippen LogP contribution is 2.18. The minimum atomic E-state index is -0.762. The molecule has 0 fully saturated rings. The van der Waals surface area contributed by atoms with Crippen LogP contribution in [0.5, 0.6) is 0 Å². The average Bonchev–Trinajstić information content (AvgIpc) is 3.23. The molecule has 362 valence electrons. The van der Waals surface area contributed by atoms with Crippen LogP contribution in [0.2, 0.25) is 0 Å². The molecule has 0 aliphatic rings. The first-order valence-electron chi connectivity index (χ1n) is 27.2. The van der Waals surface area contributed by atoms with Crippen LogP contribution in [0.25, 0.3) is 0 Å². The predicted octanol–water partition coefficient (Wildman–Crippen LogP) is 17.7. The van der Waals surface area contributed by atoms with Gasteiger partial charge in [0.1, 0.15) is 13.2 Å². The van der Waals surface area contributed by atoms with Gasteiger partial charge in [0.25, 0.3) is 0 Å². The van der Waals surface area contributed by atoms with Crippen LogP contribution in [0.15, 0.2) is 0 Å². The molecule has 0 unspecified atom stereocenters. The van der Waals surface area contributed by atoms with Gasteiger partial charge in [-0.1, -0.05) is 266 Å². The fourth-order valence-corrected chi connectivity index (χ4v) is 8.34. The van der Waals surface area contributed by atoms with Crippen LogP contribution in [0.3, 0.4) is 0 Å². The Morgan fingerprint density at radius 1 is 0.311 bits per heavy atom. The van der Waals surface area contributed by atoms with Crippen molar-refractivity contribution in [2.75, 3.05) is 13.2 Å². The zero-order chi connectivity index (χ0) is 44.7. The van der Waals surface area contributed by atoms with Crippen LogP contribution in [-0.4, -0.2) is 37.2 Å². The van der Waals surface area contributed by atoms with Crippen LogP contribution in [0.4, 0.5) is 0 Å². The molecule has 1 atom stereocenters. The average molecular weight is 863 g/mol. The van der Waals surface area contributed by atoms with Crippen molar-refractivity contribution in [2.45, 2.75) is 310 Å². The van der Waals surface area contributed by atoms with Gasteiger partial charge in [0.05, 0.1) is 0 Å². The number of ether oxygens (including phenoxy) is 3. The first-order valence-corrected chi connectivity index (χ1v) is 27.2. The van der Waals surface area contributed by atoms with Gasteiger partial charge in [0.15, 0.2) is 6.10 Å². The number of carbonyl (C=O) groups is 3. The fourth-order valence-electron chi connectivity index (χ4n) is 8.34. The second-order valence-electron chi connectivity index (χ2n) is 19.8. The number of rotatable bonds is 49. The molecular weight excluding hydrogens is 757 g/mol. The minimum absolute atomic E-state index is 0.0640. The standard InChI is InChI=1S/C55H106O6/c1-6-7-8-9-10-11-12-13-16-20-23-26-29-35-40-45-53(56)59-48-52(49-60-54(57)46-41-36-32-31-34-39-44-51(4)5)61-55(58)47-42-37-30-27-24-21-18-15-14-17-19-22-25-28-33-38-43-50(2)3/h50-52H,6-49H2,1-5H3/t52-/m1/s1. The predicted molar refractivity (Wildman–Crippen MR) is 261 cm³/mol. The molecule has 0 aliphatic carbocycles. The second-order valence-corrected chi connectivity index (χ2v) is 19.8. The van der Waals surface area contributed by atoms with E-state index in [1.165, 1.54) is 193 Å². The molecule has 0 saturated heterocycles. The fraction of sp³-hybridized carbons (Fsp3) is 0.945. The third kappa shape index (κ3) is 49.3. The van der Waals surface area contributed by atoms with E-state index in [2.05, 4.69) is 34.6 Å². The normalized spacial score (nSPS) is 12.0. The molecule has 0 aromatic heterocycles. The molecule has 0 saturated carbocycles. The number of hydrogen-bond donors (Lipinski definition) is 0. The summed E-state index contributed by atoms with van der Waals surface area (Å²) < 4.78 is 16.8. The lowest BCUT2D eigenvalue weighted by atomic mass is 10.0. The Morgan fingerprint density at radius 2 is 0.541 bits per heavy atom. The van der Waals surface area contributed by atoms with Crippen molar-refractivity contribution in [3.8, 4) is 0 Å². The summed E-state index contributed by atoms with van der Waals surface area (Å²) in [5.74, 6) is 0.766. The summed E-state index contributed by atoms with van der Waals surface area (Å²) >= 11 is 0. The van der Waals surface area contributed by atoms with E-state index < -0.39 is 6.10 Å². The van der Waals surface area contributed by atoms with Crippen LogP contribution < -0.4 is 0 Å². The van der Waals surface area contributed by atoms with E-state index >= 15 is 0 Å². The van der Waals surface area contributed by atoms with Crippen LogP contribution >= 0.6 is 0 Å². The van der Waals surface area contributed by atoms with Gasteiger partial charge < -0.3 is 14.2 Å². The second kappa shape index (κ2) is 47.9. The highest BCUT2D eigenvalue weighted by Gasteiger charge is 2.19. The summed E-state index contributed by atoms with van der Waals surface area (Å²) in [4.78, 5) is 37.9. The summed E-state index contributed by atoms with van der Waals surface area (Å²) in [6.07, 6.45) is 49.6. The van der Waals surface area contributed by atoms with Gasteiger partial charge in [0.2, 0.25) is 0 Å². The van der Waals surface area contributed by atoms with Crippen molar-refractivity contribution < 1.29 is 28.6 Å². The lowest BCUT2D eigenvalue weighted by Gasteiger charge is -2.18. The molecule has 6 nitrogen and oxygen atoms in total. The van der Waals surface area contributed by atoms with E-state index in [0.29, 0.717) is 19.3 Å². The van der Waals surface area contributed by atoms with E-state index in [0.717, 1.165) is 69.6 Å². The Bertz CT molecular complexity index is 931. The molecule has 0 rings (SSSR count). The molecule has 0 radical (unpaired) electrons. The number of hydrogen-bond acceptors (Lipinski definition) is 6. The maximum Gasteiger partial charge on any atom is 0.306 e. The van der Waals surface area contributed by atoms with Gasteiger partial charge >= 0.3 is 17.9 Å². The molecule has 0 N–H and O–H groups in total. The van der Waals surface area contributed by atoms with Crippen molar-refractivity contribution in [1.82, 2.24) is 0 Å². The topological polar surface area (TPSA) is 78.9 Å². The summed E-state index contributed by atoms with van der Waals surface area (Å²) in [6.45, 7) is 11.3. The van der Waals surface area contributed by atoms with Gasteiger partial charge in [-0.15, -0.1) is 0 Å². The van der Waals surface area contributed by atoms with Gasteiger partial charge in [-0.05, 0) is 31.1 Å². The van der Waals surface area contributed by atoms with Gasteiger partial charge in [-0.2, -0.15) is 0 Å². The molecule has 0 aromatic carbocycles. The Kier molecular flexibility index (Phi) is 46.6. The maximum atomic E-state index is 12.8. The van der Waals surface area contributed by atoms with E-state index in [1.54, 1.807) is 0 Å². The smallest absolute Gasteiger partial charge is 0.306 e. The first-order chi connectivity index (χ1) is 29.7. The van der Waals surface area contributed by atoms with E-state index in [9.17, 15) is 14.4 Å². The summed E-state index contributed by atoms with van der Waals surface area (Å²) in [5.41, 5.74) is 0. The van der Waals surface area contributed by atoms with Crippen LogP contribution in [0, 0.1) is 11.8 Å². The van der Waals surface area contributed by atoms with Crippen molar-refractivity contribution in [3.63, 3.8) is 0 Å². The molecule has 0 aromatic rings. The molecule has 0 aliphatic heterocycles. The quantitative estimate of drug-likeness (QED) is 0.0344. The Labute approximate surface area is 380 Å². The zero-order valence-corrected chi connectivity index (χ0v) is 41.8. The van der Waals surface area contributed by atoms with Crippen molar-refractivity contribution in [1.29, 1.82) is 0 Å².